The van der Waals surface area contributed by atoms with Crippen LogP contribution in [0.4, 0.5) is 5.13 Å². The predicted octanol–water partition coefficient (Wildman–Crippen LogP) is 5.17. The number of nitrogens with zero attached hydrogens (tertiary/aromatic N) is 2. The molecule has 1 N–H and O–H groups in total. The molecule has 10 heteroatoms. The molecular weight excluding hydrogens is 488 g/mol. The number of carbonyl (C=O) groups is 2. The van der Waals surface area contributed by atoms with E-state index in [4.69, 9.17) is 14.2 Å². The Morgan fingerprint density at radius 3 is 2.51 bits per heavy atom. The Labute approximate surface area is 208 Å². The van der Waals surface area contributed by atoms with Crippen molar-refractivity contribution in [2.45, 2.75) is 6.04 Å². The Morgan fingerprint density at radius 2 is 1.83 bits per heavy atom. The van der Waals surface area contributed by atoms with Gasteiger partial charge in [-0.25, -0.2) is 4.98 Å². The normalized spacial score (nSPS) is 15.7. The van der Waals surface area contributed by atoms with Crippen LogP contribution in [0.15, 0.2) is 65.2 Å². The van der Waals surface area contributed by atoms with Gasteiger partial charge < -0.3 is 19.3 Å². The number of hydrogen-bond donors (Lipinski definition) is 1. The van der Waals surface area contributed by atoms with Crippen molar-refractivity contribution in [2.24, 2.45) is 0 Å². The van der Waals surface area contributed by atoms with E-state index in [1.165, 1.54) is 41.8 Å². The summed E-state index contributed by atoms with van der Waals surface area (Å²) in [6.07, 6.45) is 0. The van der Waals surface area contributed by atoms with Gasteiger partial charge in [-0.3, -0.25) is 14.5 Å². The molecule has 1 atom stereocenters. The van der Waals surface area contributed by atoms with Crippen molar-refractivity contribution in [3.05, 3.63) is 75.7 Å². The molecule has 1 aliphatic rings. The van der Waals surface area contributed by atoms with Crippen molar-refractivity contribution in [1.29, 1.82) is 0 Å². The minimum atomic E-state index is -0.917. The number of methoxy groups -OCH3 is 3. The van der Waals surface area contributed by atoms with Crippen molar-refractivity contribution in [3.8, 4) is 17.2 Å². The number of aliphatic hydroxyl groups excluding tert-OH is 1. The zero-order valence-corrected chi connectivity index (χ0v) is 20.6. The molecule has 3 heterocycles. The summed E-state index contributed by atoms with van der Waals surface area (Å²) >= 11 is 2.51. The average molecular weight is 509 g/mol. The summed E-state index contributed by atoms with van der Waals surface area (Å²) in [5.74, 6) is -0.127. The minimum absolute atomic E-state index is 0.0125. The fourth-order valence-electron chi connectivity index (χ4n) is 4.04. The number of aliphatic hydroxyl groups is 1. The Bertz CT molecular complexity index is 1470. The first-order valence-electron chi connectivity index (χ1n) is 10.5. The van der Waals surface area contributed by atoms with E-state index in [-0.39, 0.29) is 5.57 Å². The number of ketones is 1. The van der Waals surface area contributed by atoms with Crippen molar-refractivity contribution in [3.63, 3.8) is 0 Å². The number of aromatic nitrogens is 1. The van der Waals surface area contributed by atoms with Gasteiger partial charge in [0.15, 0.2) is 22.4 Å². The summed E-state index contributed by atoms with van der Waals surface area (Å²) in [7, 11) is 4.60. The summed E-state index contributed by atoms with van der Waals surface area (Å²) in [5.41, 5.74) is 1.22. The molecule has 0 saturated heterocycles. The molecule has 0 aliphatic carbocycles. The van der Waals surface area contributed by atoms with Gasteiger partial charge in [0.2, 0.25) is 5.78 Å². The molecule has 0 fully saturated rings. The lowest BCUT2D eigenvalue weighted by atomic mass is 9.95. The van der Waals surface area contributed by atoms with Crippen LogP contribution in [0.1, 0.15) is 21.3 Å². The number of Topliss-reactive ketones (excluding diaryl/α,β-unsaturated/α-hetero) is 1. The van der Waals surface area contributed by atoms with Crippen LogP contribution in [0.5, 0.6) is 17.2 Å². The van der Waals surface area contributed by atoms with Gasteiger partial charge in [0.1, 0.15) is 5.75 Å². The first-order valence-corrected chi connectivity index (χ1v) is 12.2. The third-order valence-corrected chi connectivity index (χ3v) is 7.60. The fraction of sp³-hybridized carbons (Fsp3) is 0.160. The van der Waals surface area contributed by atoms with E-state index >= 15 is 0 Å². The van der Waals surface area contributed by atoms with Gasteiger partial charge in [0.05, 0.1) is 48.0 Å². The van der Waals surface area contributed by atoms with Gasteiger partial charge in [-0.05, 0) is 47.3 Å². The molecule has 35 heavy (non-hydrogen) atoms. The van der Waals surface area contributed by atoms with E-state index in [2.05, 4.69) is 4.98 Å². The van der Waals surface area contributed by atoms with Crippen molar-refractivity contribution in [1.82, 2.24) is 4.98 Å². The molecule has 2 aromatic heterocycles. The number of rotatable bonds is 7. The molecular formula is C25H20N2O6S2. The Morgan fingerprint density at radius 1 is 1.03 bits per heavy atom. The molecule has 0 saturated carbocycles. The summed E-state index contributed by atoms with van der Waals surface area (Å²) in [4.78, 5) is 33.3. The number of amides is 1. The lowest BCUT2D eigenvalue weighted by Crippen LogP contribution is -2.31. The number of benzene rings is 2. The highest BCUT2D eigenvalue weighted by Gasteiger charge is 2.46. The van der Waals surface area contributed by atoms with E-state index in [1.54, 1.807) is 55.0 Å². The molecule has 4 aromatic rings. The maximum Gasteiger partial charge on any atom is 0.296 e. The zero-order valence-electron chi connectivity index (χ0n) is 19.0. The number of anilines is 1. The second kappa shape index (κ2) is 9.05. The summed E-state index contributed by atoms with van der Waals surface area (Å²) in [6.45, 7) is 0. The highest BCUT2D eigenvalue weighted by atomic mass is 32.1. The zero-order chi connectivity index (χ0) is 24.7. The lowest BCUT2D eigenvalue weighted by Gasteiger charge is -2.25. The molecule has 2 aromatic carbocycles. The van der Waals surface area contributed by atoms with Crippen molar-refractivity contribution < 1.29 is 28.9 Å². The molecule has 8 nitrogen and oxygen atoms in total. The first-order chi connectivity index (χ1) is 17.0. The van der Waals surface area contributed by atoms with Crippen LogP contribution < -0.4 is 19.1 Å². The first kappa shape index (κ1) is 22.9. The lowest BCUT2D eigenvalue weighted by molar-refractivity contribution is -0.117. The van der Waals surface area contributed by atoms with Gasteiger partial charge in [-0.2, -0.15) is 0 Å². The number of hydrogen-bond acceptors (Lipinski definition) is 9. The molecule has 1 aliphatic heterocycles. The summed E-state index contributed by atoms with van der Waals surface area (Å²) in [5, 5.41) is 13.1. The van der Waals surface area contributed by atoms with Crippen LogP contribution in [-0.4, -0.2) is 43.1 Å². The molecule has 178 valence electrons. The maximum absolute atomic E-state index is 13.5. The predicted molar refractivity (Wildman–Crippen MR) is 134 cm³/mol. The van der Waals surface area contributed by atoms with Gasteiger partial charge in [-0.15, -0.1) is 11.3 Å². The van der Waals surface area contributed by atoms with E-state index in [1.807, 2.05) is 6.07 Å². The second-order valence-corrected chi connectivity index (χ2v) is 9.55. The number of ether oxygens (including phenoxy) is 3. The van der Waals surface area contributed by atoms with Gasteiger partial charge >= 0.3 is 0 Å². The average Bonchev–Trinajstić information content (AvgIpc) is 3.61. The third-order valence-electron chi connectivity index (χ3n) is 5.71. The van der Waals surface area contributed by atoms with E-state index in [0.29, 0.717) is 38.3 Å². The van der Waals surface area contributed by atoms with Crippen LogP contribution in [0.2, 0.25) is 0 Å². The number of carbonyl (C=O) groups excluding carboxylic acids is 2. The van der Waals surface area contributed by atoms with Crippen LogP contribution in [-0.2, 0) is 4.79 Å². The topological polar surface area (TPSA) is 98.2 Å². The Kier molecular flexibility index (Phi) is 5.91. The highest BCUT2D eigenvalue weighted by molar-refractivity contribution is 7.22. The van der Waals surface area contributed by atoms with Crippen LogP contribution in [0, 0.1) is 0 Å². The quantitative estimate of drug-likeness (QED) is 0.344. The SMILES string of the molecule is COc1ccc2nc(N3C(=O)C(O)=C(C(=O)c4cccs4)C3c3ccc(OC)c(OC)c3)sc2c1. The van der Waals surface area contributed by atoms with Crippen LogP contribution in [0.25, 0.3) is 10.2 Å². The number of thiazole rings is 1. The largest absolute Gasteiger partial charge is 0.503 e. The Balaban J connectivity index is 1.69. The molecule has 0 radical (unpaired) electrons. The molecule has 1 amide bonds. The van der Waals surface area contributed by atoms with E-state index < -0.39 is 23.5 Å². The summed E-state index contributed by atoms with van der Waals surface area (Å²) < 4.78 is 16.9. The monoisotopic (exact) mass is 508 g/mol. The van der Waals surface area contributed by atoms with Gasteiger partial charge in [-0.1, -0.05) is 23.5 Å². The van der Waals surface area contributed by atoms with E-state index in [0.717, 1.165) is 4.70 Å². The third kappa shape index (κ3) is 3.80. The summed E-state index contributed by atoms with van der Waals surface area (Å²) in [6, 6.07) is 13.0. The van der Waals surface area contributed by atoms with E-state index in [9.17, 15) is 14.7 Å². The van der Waals surface area contributed by atoms with Crippen LogP contribution in [0.3, 0.4) is 0 Å². The molecule has 0 spiro atoms. The maximum atomic E-state index is 13.5. The minimum Gasteiger partial charge on any atom is -0.503 e. The fourth-order valence-corrected chi connectivity index (χ4v) is 5.73. The van der Waals surface area contributed by atoms with Crippen molar-refractivity contribution >= 4 is 49.7 Å². The molecule has 5 rings (SSSR count). The number of thiophene rings is 1. The van der Waals surface area contributed by atoms with Crippen molar-refractivity contribution in [2.75, 3.05) is 26.2 Å². The molecule has 0 bridgehead atoms. The van der Waals surface area contributed by atoms with Crippen LogP contribution >= 0.6 is 22.7 Å². The highest BCUT2D eigenvalue weighted by Crippen LogP contribution is 2.46. The second-order valence-electron chi connectivity index (χ2n) is 7.59. The molecule has 1 unspecified atom stereocenters. The van der Waals surface area contributed by atoms with Gasteiger partial charge in [0, 0.05) is 0 Å². The smallest absolute Gasteiger partial charge is 0.296 e. The standard InChI is InChI=1S/C25H20N2O6S2/c1-31-14-7-8-15-19(12-14)35-25(26-15)27-21(13-6-9-16(32-2)17(11-13)33-3)20(23(29)24(27)30)22(28)18-5-4-10-34-18/h4-12,21,29H,1-3H3. The Hall–Kier alpha value is -3.89. The van der Waals surface area contributed by atoms with Gasteiger partial charge in [0.25, 0.3) is 5.91 Å². The number of fused-ring (bicyclic) bond motifs is 1.